The molecular weight excluding hydrogens is 308 g/mol. The smallest absolute Gasteiger partial charge is 0.240 e. The molecule has 2 rings (SSSR count). The van der Waals surface area contributed by atoms with Gasteiger partial charge in [0.15, 0.2) is 0 Å². The minimum absolute atomic E-state index is 0. The molecule has 0 bridgehead atoms. The molecule has 0 aliphatic carbocycles. The van der Waals surface area contributed by atoms with Crippen LogP contribution in [0.1, 0.15) is 32.3 Å². The summed E-state index contributed by atoms with van der Waals surface area (Å²) in [4.78, 5) is 0.330. The highest BCUT2D eigenvalue weighted by atomic mass is 35.5. The summed E-state index contributed by atoms with van der Waals surface area (Å²) < 4.78 is 27.2. The van der Waals surface area contributed by atoms with Gasteiger partial charge in [-0.2, -0.15) is 0 Å². The van der Waals surface area contributed by atoms with Gasteiger partial charge in [0.05, 0.1) is 4.90 Å². The van der Waals surface area contributed by atoms with Gasteiger partial charge in [-0.1, -0.05) is 31.5 Å². The second kappa shape index (κ2) is 7.09. The molecule has 0 aromatic heterocycles. The largest absolute Gasteiger partial charge is 0.312 e. The minimum atomic E-state index is -3.42. The quantitative estimate of drug-likeness (QED) is 0.890. The normalized spacial score (nSPS) is 21.6. The molecule has 1 heterocycles. The summed E-state index contributed by atoms with van der Waals surface area (Å²) in [6, 6.07) is 7.11. The molecule has 0 saturated carbocycles. The van der Waals surface area contributed by atoms with Crippen LogP contribution in [-0.2, 0) is 10.0 Å². The summed E-state index contributed by atoms with van der Waals surface area (Å²) in [6.45, 7) is 7.70. The van der Waals surface area contributed by atoms with Crippen molar-refractivity contribution in [3.8, 4) is 0 Å². The second-order valence-corrected chi connectivity index (χ2v) is 8.03. The van der Waals surface area contributed by atoms with Gasteiger partial charge in [-0.05, 0) is 43.9 Å². The van der Waals surface area contributed by atoms with E-state index in [0.717, 1.165) is 24.9 Å². The van der Waals surface area contributed by atoms with E-state index in [0.29, 0.717) is 11.4 Å². The summed E-state index contributed by atoms with van der Waals surface area (Å²) in [7, 11) is -3.42. The van der Waals surface area contributed by atoms with Crippen LogP contribution in [0.5, 0.6) is 0 Å². The molecule has 1 aromatic rings. The Morgan fingerprint density at radius 2 is 1.90 bits per heavy atom. The molecule has 1 atom stereocenters. The monoisotopic (exact) mass is 332 g/mol. The van der Waals surface area contributed by atoms with Crippen LogP contribution < -0.4 is 10.0 Å². The first-order valence-electron chi connectivity index (χ1n) is 7.11. The molecule has 1 aliphatic heterocycles. The molecule has 1 fully saturated rings. The van der Waals surface area contributed by atoms with Crippen molar-refractivity contribution >= 4 is 22.4 Å². The Labute approximate surface area is 134 Å². The Hall–Kier alpha value is -0.620. The van der Waals surface area contributed by atoms with E-state index in [1.807, 2.05) is 19.1 Å². The molecule has 0 amide bonds. The molecule has 6 heteroatoms. The Balaban J connectivity index is 0.00000220. The highest BCUT2D eigenvalue weighted by molar-refractivity contribution is 7.89. The molecule has 1 aromatic carbocycles. The fraction of sp³-hybridized carbons (Fsp3) is 0.600. The molecule has 21 heavy (non-hydrogen) atoms. The van der Waals surface area contributed by atoms with Gasteiger partial charge in [0.2, 0.25) is 10.0 Å². The van der Waals surface area contributed by atoms with Gasteiger partial charge in [-0.3, -0.25) is 0 Å². The minimum Gasteiger partial charge on any atom is -0.312 e. The third-order valence-corrected chi connectivity index (χ3v) is 5.58. The van der Waals surface area contributed by atoms with Gasteiger partial charge in [0, 0.05) is 12.6 Å². The molecule has 1 unspecified atom stereocenters. The number of piperidine rings is 1. The van der Waals surface area contributed by atoms with Gasteiger partial charge in [-0.15, -0.1) is 12.4 Å². The second-order valence-electron chi connectivity index (χ2n) is 6.26. The van der Waals surface area contributed by atoms with Crippen molar-refractivity contribution in [2.75, 3.05) is 13.1 Å². The molecule has 1 aliphatic rings. The van der Waals surface area contributed by atoms with E-state index >= 15 is 0 Å². The van der Waals surface area contributed by atoms with Gasteiger partial charge >= 0.3 is 0 Å². The zero-order valence-electron chi connectivity index (χ0n) is 12.8. The number of aryl methyl sites for hydroxylation is 1. The van der Waals surface area contributed by atoms with Crippen molar-refractivity contribution in [2.45, 2.75) is 44.6 Å². The standard InChI is InChI=1S/C15H24N2O2S.ClH/c1-12-5-7-13(8-6-12)20(18,19)17-11-14-15(2,3)9-4-10-16-14;/h5-8,14,16-17H,4,9-11H2,1-3H3;1H. The number of rotatable bonds is 4. The number of hydrogen-bond acceptors (Lipinski definition) is 3. The summed E-state index contributed by atoms with van der Waals surface area (Å²) in [5, 5.41) is 3.42. The summed E-state index contributed by atoms with van der Waals surface area (Å²) >= 11 is 0. The third kappa shape index (κ3) is 4.68. The molecule has 4 nitrogen and oxygen atoms in total. The lowest BCUT2D eigenvalue weighted by molar-refractivity contribution is 0.181. The zero-order valence-corrected chi connectivity index (χ0v) is 14.5. The van der Waals surface area contributed by atoms with Gasteiger partial charge in [0.25, 0.3) is 0 Å². The molecule has 0 radical (unpaired) electrons. The van der Waals surface area contributed by atoms with E-state index in [2.05, 4.69) is 23.9 Å². The maximum Gasteiger partial charge on any atom is 0.240 e. The number of sulfonamides is 1. The molecule has 1 saturated heterocycles. The number of halogens is 1. The van der Waals surface area contributed by atoms with Crippen molar-refractivity contribution in [3.05, 3.63) is 29.8 Å². The fourth-order valence-corrected chi connectivity index (χ4v) is 3.66. The van der Waals surface area contributed by atoms with E-state index in [1.54, 1.807) is 12.1 Å². The van der Waals surface area contributed by atoms with Crippen molar-refractivity contribution in [3.63, 3.8) is 0 Å². The fourth-order valence-electron chi connectivity index (χ4n) is 2.61. The van der Waals surface area contributed by atoms with Crippen LogP contribution in [0.3, 0.4) is 0 Å². The lowest BCUT2D eigenvalue weighted by atomic mass is 9.78. The van der Waals surface area contributed by atoms with Crippen molar-refractivity contribution in [1.82, 2.24) is 10.0 Å². The van der Waals surface area contributed by atoms with Crippen molar-refractivity contribution in [2.24, 2.45) is 5.41 Å². The highest BCUT2D eigenvalue weighted by Gasteiger charge is 2.32. The van der Waals surface area contributed by atoms with E-state index in [1.165, 1.54) is 0 Å². The summed E-state index contributed by atoms with van der Waals surface area (Å²) in [5.74, 6) is 0. The molecular formula is C15H25ClN2O2S. The van der Waals surface area contributed by atoms with E-state index in [-0.39, 0.29) is 23.9 Å². The van der Waals surface area contributed by atoms with Crippen molar-refractivity contribution < 1.29 is 8.42 Å². The van der Waals surface area contributed by atoms with Crippen LogP contribution in [-0.4, -0.2) is 27.5 Å². The van der Waals surface area contributed by atoms with Gasteiger partial charge in [0.1, 0.15) is 0 Å². The molecule has 2 N–H and O–H groups in total. The van der Waals surface area contributed by atoms with Crippen LogP contribution in [0.15, 0.2) is 29.2 Å². The predicted octanol–water partition coefficient (Wildman–Crippen LogP) is 2.47. The topological polar surface area (TPSA) is 58.2 Å². The Morgan fingerprint density at radius 3 is 2.48 bits per heavy atom. The van der Waals surface area contributed by atoms with Crippen LogP contribution >= 0.6 is 12.4 Å². The Morgan fingerprint density at radius 1 is 1.29 bits per heavy atom. The zero-order chi connectivity index (χ0) is 14.8. The first-order valence-corrected chi connectivity index (χ1v) is 8.59. The summed E-state index contributed by atoms with van der Waals surface area (Å²) in [5.41, 5.74) is 1.17. The maximum absolute atomic E-state index is 12.3. The predicted molar refractivity (Wildman–Crippen MR) is 88.4 cm³/mol. The number of nitrogens with one attached hydrogen (secondary N) is 2. The van der Waals surface area contributed by atoms with Gasteiger partial charge in [-0.25, -0.2) is 13.1 Å². The SMILES string of the molecule is Cc1ccc(S(=O)(=O)NCC2NCCCC2(C)C)cc1.Cl. The number of benzene rings is 1. The molecule has 120 valence electrons. The third-order valence-electron chi connectivity index (χ3n) is 4.14. The first-order chi connectivity index (χ1) is 9.31. The van der Waals surface area contributed by atoms with E-state index < -0.39 is 10.0 Å². The number of hydrogen-bond donors (Lipinski definition) is 2. The van der Waals surface area contributed by atoms with Crippen LogP contribution in [0.4, 0.5) is 0 Å². The highest BCUT2D eigenvalue weighted by Crippen LogP contribution is 2.29. The van der Waals surface area contributed by atoms with E-state index in [9.17, 15) is 8.42 Å². The average molecular weight is 333 g/mol. The van der Waals surface area contributed by atoms with Crippen molar-refractivity contribution in [1.29, 1.82) is 0 Å². The lowest BCUT2D eigenvalue weighted by Gasteiger charge is -2.39. The van der Waals surface area contributed by atoms with Gasteiger partial charge < -0.3 is 5.32 Å². The Kier molecular flexibility index (Phi) is 6.23. The Bertz CT molecular complexity index is 556. The molecule has 0 spiro atoms. The van der Waals surface area contributed by atoms with Crippen LogP contribution in [0.25, 0.3) is 0 Å². The lowest BCUT2D eigenvalue weighted by Crippen LogP contribution is -2.52. The maximum atomic E-state index is 12.3. The summed E-state index contributed by atoms with van der Waals surface area (Å²) in [6.07, 6.45) is 2.27. The first kappa shape index (κ1) is 18.4. The van der Waals surface area contributed by atoms with Crippen LogP contribution in [0.2, 0.25) is 0 Å². The van der Waals surface area contributed by atoms with Crippen LogP contribution in [0, 0.1) is 12.3 Å². The van der Waals surface area contributed by atoms with E-state index in [4.69, 9.17) is 0 Å². The average Bonchev–Trinajstić information content (AvgIpc) is 2.37.